The fourth-order valence-electron chi connectivity index (χ4n) is 2.84. The molecule has 0 atom stereocenters. The number of ether oxygens (including phenoxy) is 2. The molecule has 2 aromatic rings. The van der Waals surface area contributed by atoms with Crippen LogP contribution >= 0.6 is 12.4 Å². The predicted molar refractivity (Wildman–Crippen MR) is 104 cm³/mol. The maximum atomic E-state index is 12.3. The van der Waals surface area contributed by atoms with Gasteiger partial charge in [0.2, 0.25) is 0 Å². The highest BCUT2D eigenvalue weighted by atomic mass is 35.5. The number of methoxy groups -OCH3 is 1. The van der Waals surface area contributed by atoms with Crippen molar-refractivity contribution in [3.05, 3.63) is 64.7 Å². The number of hydrogen-bond donors (Lipinski definition) is 2. The molecule has 1 heterocycles. The summed E-state index contributed by atoms with van der Waals surface area (Å²) in [6.45, 7) is 3.65. The molecule has 0 fully saturated rings. The van der Waals surface area contributed by atoms with Gasteiger partial charge in [0.05, 0.1) is 6.61 Å². The second-order valence-corrected chi connectivity index (χ2v) is 6.11. The van der Waals surface area contributed by atoms with Gasteiger partial charge in [-0.15, -0.1) is 12.4 Å². The van der Waals surface area contributed by atoms with Crippen LogP contribution in [0.3, 0.4) is 0 Å². The average Bonchev–Trinajstić information content (AvgIpc) is 3.11. The third-order valence-electron chi connectivity index (χ3n) is 4.23. The summed E-state index contributed by atoms with van der Waals surface area (Å²) in [5.41, 5.74) is 4.42. The Morgan fingerprint density at radius 1 is 1.08 bits per heavy atom. The standard InChI is InChI=1S/C20H24N2O3.ClH/c1-24-9-2-10-25-19-7-5-16(6-8-19)20(23)22-12-15-3-4-17-13-21-14-18(17)11-15;/h3-8,11,21H,2,9-10,12-14H2,1H3,(H,22,23);1H. The lowest BCUT2D eigenvalue weighted by Gasteiger charge is -2.09. The van der Waals surface area contributed by atoms with Crippen LogP contribution < -0.4 is 15.4 Å². The maximum absolute atomic E-state index is 12.3. The third kappa shape index (κ3) is 5.46. The van der Waals surface area contributed by atoms with Crippen LogP contribution in [0.5, 0.6) is 5.75 Å². The highest BCUT2D eigenvalue weighted by Crippen LogP contribution is 2.17. The summed E-state index contributed by atoms with van der Waals surface area (Å²) in [5.74, 6) is 0.684. The lowest BCUT2D eigenvalue weighted by Crippen LogP contribution is -2.22. The van der Waals surface area contributed by atoms with Crippen molar-refractivity contribution in [2.45, 2.75) is 26.1 Å². The van der Waals surface area contributed by atoms with Gasteiger partial charge in [-0.05, 0) is 41.0 Å². The molecular formula is C20H25ClN2O3. The second-order valence-electron chi connectivity index (χ2n) is 6.11. The first kappa shape index (κ1) is 20.2. The Bertz CT molecular complexity index is 719. The number of carbonyl (C=O) groups is 1. The predicted octanol–water partition coefficient (Wildman–Crippen LogP) is 3.06. The van der Waals surface area contributed by atoms with E-state index >= 15 is 0 Å². The molecule has 1 amide bonds. The highest BCUT2D eigenvalue weighted by molar-refractivity contribution is 5.94. The molecular weight excluding hydrogens is 352 g/mol. The quantitative estimate of drug-likeness (QED) is 0.695. The Labute approximate surface area is 160 Å². The van der Waals surface area contributed by atoms with Crippen molar-refractivity contribution in [2.75, 3.05) is 20.3 Å². The van der Waals surface area contributed by atoms with E-state index in [-0.39, 0.29) is 18.3 Å². The molecule has 1 aliphatic rings. The van der Waals surface area contributed by atoms with E-state index < -0.39 is 0 Å². The van der Waals surface area contributed by atoms with Crippen LogP contribution in [-0.4, -0.2) is 26.2 Å². The molecule has 0 radical (unpaired) electrons. The minimum Gasteiger partial charge on any atom is -0.494 e. The topological polar surface area (TPSA) is 59.6 Å². The molecule has 0 spiro atoms. The van der Waals surface area contributed by atoms with Gasteiger partial charge in [-0.3, -0.25) is 4.79 Å². The normalized spacial score (nSPS) is 12.2. The Kier molecular flexibility index (Phi) is 7.91. The van der Waals surface area contributed by atoms with Gasteiger partial charge in [0.1, 0.15) is 5.75 Å². The van der Waals surface area contributed by atoms with Crippen molar-refractivity contribution in [3.8, 4) is 5.75 Å². The molecule has 0 aromatic heterocycles. The molecule has 2 N–H and O–H groups in total. The van der Waals surface area contributed by atoms with Crippen molar-refractivity contribution >= 4 is 18.3 Å². The van der Waals surface area contributed by atoms with Gasteiger partial charge in [0, 0.05) is 45.3 Å². The Morgan fingerprint density at radius 2 is 1.85 bits per heavy atom. The van der Waals surface area contributed by atoms with Gasteiger partial charge in [0.25, 0.3) is 5.91 Å². The number of carbonyl (C=O) groups excluding carboxylic acids is 1. The molecule has 1 aliphatic heterocycles. The minimum absolute atomic E-state index is 0. The zero-order chi connectivity index (χ0) is 17.5. The SMILES string of the molecule is COCCCOc1ccc(C(=O)NCc2ccc3c(c2)CNC3)cc1.Cl. The molecule has 2 aromatic carbocycles. The lowest BCUT2D eigenvalue weighted by atomic mass is 10.1. The van der Waals surface area contributed by atoms with Crippen LogP contribution in [0.2, 0.25) is 0 Å². The van der Waals surface area contributed by atoms with E-state index in [0.717, 1.165) is 30.8 Å². The van der Waals surface area contributed by atoms with E-state index in [9.17, 15) is 4.79 Å². The number of amides is 1. The number of nitrogens with one attached hydrogen (secondary N) is 2. The van der Waals surface area contributed by atoms with Gasteiger partial charge in [-0.2, -0.15) is 0 Å². The molecule has 3 rings (SSSR count). The van der Waals surface area contributed by atoms with Gasteiger partial charge < -0.3 is 20.1 Å². The van der Waals surface area contributed by atoms with Crippen molar-refractivity contribution in [3.63, 3.8) is 0 Å². The minimum atomic E-state index is -0.0791. The van der Waals surface area contributed by atoms with Gasteiger partial charge in [-0.1, -0.05) is 18.2 Å². The molecule has 5 nitrogen and oxygen atoms in total. The monoisotopic (exact) mass is 376 g/mol. The van der Waals surface area contributed by atoms with E-state index in [1.165, 1.54) is 11.1 Å². The zero-order valence-electron chi connectivity index (χ0n) is 14.9. The third-order valence-corrected chi connectivity index (χ3v) is 4.23. The summed E-state index contributed by atoms with van der Waals surface area (Å²) in [4.78, 5) is 12.3. The largest absolute Gasteiger partial charge is 0.494 e. The first-order valence-corrected chi connectivity index (χ1v) is 8.57. The van der Waals surface area contributed by atoms with E-state index in [1.807, 2.05) is 12.1 Å². The summed E-state index contributed by atoms with van der Waals surface area (Å²) < 4.78 is 10.6. The van der Waals surface area contributed by atoms with Crippen molar-refractivity contribution in [2.24, 2.45) is 0 Å². The van der Waals surface area contributed by atoms with Crippen LogP contribution in [0.25, 0.3) is 0 Å². The fraction of sp³-hybridized carbons (Fsp3) is 0.350. The van der Waals surface area contributed by atoms with Gasteiger partial charge >= 0.3 is 0 Å². The summed E-state index contributed by atoms with van der Waals surface area (Å²) in [6, 6.07) is 13.6. The summed E-state index contributed by atoms with van der Waals surface area (Å²) in [6.07, 6.45) is 0.842. The number of halogens is 1. The van der Waals surface area contributed by atoms with Crippen molar-refractivity contribution < 1.29 is 14.3 Å². The Balaban J connectivity index is 0.00000243. The number of rotatable bonds is 8. The van der Waals surface area contributed by atoms with E-state index in [4.69, 9.17) is 9.47 Å². The van der Waals surface area contributed by atoms with E-state index in [0.29, 0.717) is 25.3 Å². The smallest absolute Gasteiger partial charge is 0.251 e. The van der Waals surface area contributed by atoms with Crippen LogP contribution in [0, 0.1) is 0 Å². The number of fused-ring (bicyclic) bond motifs is 1. The molecule has 0 aliphatic carbocycles. The Morgan fingerprint density at radius 3 is 2.62 bits per heavy atom. The molecule has 140 valence electrons. The maximum Gasteiger partial charge on any atom is 0.251 e. The summed E-state index contributed by atoms with van der Waals surface area (Å²) >= 11 is 0. The highest BCUT2D eigenvalue weighted by Gasteiger charge is 2.11. The second kappa shape index (κ2) is 10.2. The van der Waals surface area contributed by atoms with Crippen molar-refractivity contribution in [1.29, 1.82) is 0 Å². The zero-order valence-corrected chi connectivity index (χ0v) is 15.7. The van der Waals surface area contributed by atoms with Crippen LogP contribution in [0.15, 0.2) is 42.5 Å². The molecule has 0 unspecified atom stereocenters. The average molecular weight is 377 g/mol. The van der Waals surface area contributed by atoms with Gasteiger partial charge in [0.15, 0.2) is 0 Å². The summed E-state index contributed by atoms with van der Waals surface area (Å²) in [5, 5.41) is 6.30. The molecule has 26 heavy (non-hydrogen) atoms. The first-order chi connectivity index (χ1) is 12.3. The molecule has 0 saturated carbocycles. The van der Waals surface area contributed by atoms with Crippen LogP contribution in [-0.2, 0) is 24.4 Å². The van der Waals surface area contributed by atoms with Crippen molar-refractivity contribution in [1.82, 2.24) is 10.6 Å². The molecule has 6 heteroatoms. The van der Waals surface area contributed by atoms with Crippen LogP contribution in [0.4, 0.5) is 0 Å². The number of benzene rings is 2. The van der Waals surface area contributed by atoms with E-state index in [1.54, 1.807) is 19.2 Å². The summed E-state index contributed by atoms with van der Waals surface area (Å²) in [7, 11) is 1.67. The number of hydrogen-bond acceptors (Lipinski definition) is 4. The fourth-order valence-corrected chi connectivity index (χ4v) is 2.84. The van der Waals surface area contributed by atoms with Crippen LogP contribution in [0.1, 0.15) is 33.5 Å². The van der Waals surface area contributed by atoms with E-state index in [2.05, 4.69) is 28.8 Å². The first-order valence-electron chi connectivity index (χ1n) is 8.57. The molecule has 0 bridgehead atoms. The molecule has 0 saturated heterocycles. The van der Waals surface area contributed by atoms with Gasteiger partial charge in [-0.25, -0.2) is 0 Å². The lowest BCUT2D eigenvalue weighted by molar-refractivity contribution is 0.0951. The Hall–Kier alpha value is -2.08.